The third-order valence-corrected chi connectivity index (χ3v) is 15.6. The number of ether oxygens (including phenoxy) is 4. The summed E-state index contributed by atoms with van der Waals surface area (Å²) >= 11 is 0. The molecule has 0 bridgehead atoms. The molecule has 366 valence electrons. The van der Waals surface area contributed by atoms with Crippen molar-refractivity contribution in [2.75, 3.05) is 19.2 Å². The lowest BCUT2D eigenvalue weighted by atomic mass is 10.00. The van der Waals surface area contributed by atoms with Crippen molar-refractivity contribution in [3.63, 3.8) is 0 Å². The fourth-order valence-electron chi connectivity index (χ4n) is 7.89. The van der Waals surface area contributed by atoms with E-state index in [0.29, 0.717) is 32.7 Å². The van der Waals surface area contributed by atoms with Gasteiger partial charge in [0.2, 0.25) is 11.6 Å². The van der Waals surface area contributed by atoms with Gasteiger partial charge in [0.1, 0.15) is 24.1 Å². The van der Waals surface area contributed by atoms with Crippen LogP contribution in [-0.4, -0.2) is 83.4 Å². The van der Waals surface area contributed by atoms with Crippen molar-refractivity contribution in [2.45, 2.75) is 216 Å². The molecule has 2 aliphatic rings. The molecule has 0 aliphatic carbocycles. The molecule has 64 heavy (non-hydrogen) atoms. The molecular formula is C48H84N2O11P2Si. The van der Waals surface area contributed by atoms with Crippen LogP contribution in [0.15, 0.2) is 36.4 Å². The standard InChI is InChI=1S/C48H84N2O11P2Si/c1-21-39(49(33-62(51,58-43(2,3)4)59-44(5,6)7)28-35-24-22-26-37-30-53-47(14,15)56-41(35)37)40(32-55-64(18,19)20)50(34-63(52,60-45(8,9)10)61-46(11,12)13)29-36-25-23-27-38-31-54-48(16,17)57-42(36)38/h22-27,39-40H,21,28-34H2,1-20H3. The number of fused-ring (bicyclic) bond motifs is 2. The fraction of sp³-hybridized carbons (Fsp3) is 0.750. The first kappa shape index (κ1) is 55.0. The molecule has 2 aromatic rings. The monoisotopic (exact) mass is 955 g/mol. The highest BCUT2D eigenvalue weighted by Gasteiger charge is 2.45. The summed E-state index contributed by atoms with van der Waals surface area (Å²) in [5, 5.41) is 0. The molecule has 4 rings (SSSR count). The second-order valence-corrected chi connectivity index (χ2v) is 31.4. The molecule has 16 heteroatoms. The number of para-hydroxylation sites is 2. The van der Waals surface area contributed by atoms with Crippen LogP contribution < -0.4 is 9.47 Å². The van der Waals surface area contributed by atoms with Crippen LogP contribution in [-0.2, 0) is 67.4 Å². The van der Waals surface area contributed by atoms with Crippen LogP contribution in [0.25, 0.3) is 0 Å². The topological polar surface area (TPSA) is 124 Å². The van der Waals surface area contributed by atoms with Crippen molar-refractivity contribution in [3.05, 3.63) is 58.7 Å². The van der Waals surface area contributed by atoms with Gasteiger partial charge in [-0.2, -0.15) is 0 Å². The van der Waals surface area contributed by atoms with Crippen molar-refractivity contribution < 1.29 is 50.6 Å². The molecule has 2 aliphatic heterocycles. The third-order valence-electron chi connectivity index (χ3n) is 9.80. The molecular weight excluding hydrogens is 871 g/mol. The highest BCUT2D eigenvalue weighted by molar-refractivity contribution is 7.54. The molecule has 0 N–H and O–H groups in total. The van der Waals surface area contributed by atoms with Gasteiger partial charge in [-0.1, -0.05) is 43.3 Å². The molecule has 2 aromatic carbocycles. The largest absolute Gasteiger partial charge is 0.462 e. The van der Waals surface area contributed by atoms with Crippen molar-refractivity contribution in [1.82, 2.24) is 9.80 Å². The number of hydrogen-bond donors (Lipinski definition) is 0. The smallest absolute Gasteiger partial charge is 0.345 e. The zero-order chi connectivity index (χ0) is 48.5. The molecule has 2 heterocycles. The molecule has 0 aromatic heterocycles. The number of nitrogens with zero attached hydrogens (tertiary/aromatic N) is 2. The Labute approximate surface area is 388 Å². The van der Waals surface area contributed by atoms with E-state index in [1.54, 1.807) is 0 Å². The summed E-state index contributed by atoms with van der Waals surface area (Å²) in [7, 11) is -10.1. The molecule has 0 radical (unpaired) electrons. The van der Waals surface area contributed by atoms with Gasteiger partial charge in [-0.3, -0.25) is 18.9 Å². The van der Waals surface area contributed by atoms with Gasteiger partial charge in [0.05, 0.1) is 42.2 Å². The van der Waals surface area contributed by atoms with E-state index in [9.17, 15) is 0 Å². The van der Waals surface area contributed by atoms with E-state index in [1.807, 2.05) is 147 Å². The SMILES string of the molecule is CCC(C(CO[Si](C)(C)C)N(Cc1cccc2c1OC(C)(C)OC2)CP(=O)(OC(C)(C)C)OC(C)(C)C)N(Cc1cccc2c1OC(C)(C)OC2)CP(=O)(OC(C)(C)C)OC(C)(C)C. The molecule has 0 saturated carbocycles. The van der Waals surface area contributed by atoms with Crippen molar-refractivity contribution in [2.24, 2.45) is 0 Å². The van der Waals surface area contributed by atoms with E-state index in [1.165, 1.54) is 0 Å². The van der Waals surface area contributed by atoms with Gasteiger partial charge >= 0.3 is 15.2 Å². The summed E-state index contributed by atoms with van der Waals surface area (Å²) in [5.74, 6) is -0.274. The summed E-state index contributed by atoms with van der Waals surface area (Å²) in [6.45, 7) is 40.5. The van der Waals surface area contributed by atoms with Crippen molar-refractivity contribution in [3.8, 4) is 11.5 Å². The normalized spacial score (nSPS) is 18.3. The molecule has 0 amide bonds. The maximum Gasteiger partial charge on any atom is 0.345 e. The highest BCUT2D eigenvalue weighted by atomic mass is 31.2. The minimum atomic E-state index is -3.94. The first-order valence-electron chi connectivity index (χ1n) is 22.9. The van der Waals surface area contributed by atoms with Gasteiger partial charge in [0, 0.05) is 75.1 Å². The van der Waals surface area contributed by atoms with Gasteiger partial charge in [-0.05, 0) is 109 Å². The zero-order valence-corrected chi connectivity index (χ0v) is 45.8. The maximum absolute atomic E-state index is 15.6. The lowest BCUT2D eigenvalue weighted by Gasteiger charge is -2.46. The molecule has 0 spiro atoms. The Hall–Kier alpha value is -1.64. The highest BCUT2D eigenvalue weighted by Crippen LogP contribution is 2.57. The Bertz CT molecular complexity index is 1940. The summed E-state index contributed by atoms with van der Waals surface area (Å²) in [5.41, 5.74) is 0.392. The van der Waals surface area contributed by atoms with Gasteiger partial charge < -0.3 is 41.5 Å². The van der Waals surface area contributed by atoms with Gasteiger partial charge in [-0.25, -0.2) is 0 Å². The van der Waals surface area contributed by atoms with Crippen molar-refractivity contribution >= 4 is 23.5 Å². The van der Waals surface area contributed by atoms with E-state index < -0.39 is 69.6 Å². The molecule has 0 fully saturated rings. The minimum Gasteiger partial charge on any atom is -0.462 e. The lowest BCUT2D eigenvalue weighted by Crippen LogP contribution is -2.55. The molecule has 2 atom stereocenters. The maximum atomic E-state index is 15.6. The van der Waals surface area contributed by atoms with Crippen LogP contribution in [0, 0.1) is 0 Å². The Morgan fingerprint density at radius 3 is 1.27 bits per heavy atom. The quantitative estimate of drug-likeness (QED) is 0.0981. The average molecular weight is 955 g/mol. The third kappa shape index (κ3) is 17.5. The average Bonchev–Trinajstić information content (AvgIpc) is 3.05. The van der Waals surface area contributed by atoms with Crippen molar-refractivity contribution in [1.29, 1.82) is 0 Å². The van der Waals surface area contributed by atoms with Crippen LogP contribution in [0.2, 0.25) is 19.6 Å². The number of rotatable bonds is 19. The van der Waals surface area contributed by atoms with Gasteiger partial charge in [-0.15, -0.1) is 0 Å². The Morgan fingerprint density at radius 1 is 0.609 bits per heavy atom. The predicted molar refractivity (Wildman–Crippen MR) is 258 cm³/mol. The van der Waals surface area contributed by atoms with E-state index in [4.69, 9.17) is 41.5 Å². The molecule has 2 unspecified atom stereocenters. The summed E-state index contributed by atoms with van der Waals surface area (Å²) in [6.07, 6.45) is 0.421. The summed E-state index contributed by atoms with van der Waals surface area (Å²) < 4.78 is 89.4. The summed E-state index contributed by atoms with van der Waals surface area (Å²) in [4.78, 5) is 4.37. The molecule has 13 nitrogen and oxygen atoms in total. The summed E-state index contributed by atoms with van der Waals surface area (Å²) in [6, 6.07) is 11.2. The first-order valence-corrected chi connectivity index (χ1v) is 29.7. The zero-order valence-electron chi connectivity index (χ0n) is 43.1. The van der Waals surface area contributed by atoms with Crippen LogP contribution in [0.5, 0.6) is 11.5 Å². The predicted octanol–water partition coefficient (Wildman–Crippen LogP) is 12.8. The van der Waals surface area contributed by atoms with E-state index in [-0.39, 0.29) is 19.2 Å². The van der Waals surface area contributed by atoms with Gasteiger partial charge in [0.15, 0.2) is 8.32 Å². The Balaban J connectivity index is 2.04. The first-order chi connectivity index (χ1) is 28.9. The van der Waals surface area contributed by atoms with E-state index in [0.717, 1.165) is 33.8 Å². The van der Waals surface area contributed by atoms with Crippen LogP contribution in [0.3, 0.4) is 0 Å². The molecule has 0 saturated heterocycles. The second kappa shape index (κ2) is 20.1. The number of hydrogen-bond acceptors (Lipinski definition) is 13. The second-order valence-electron chi connectivity index (χ2n) is 23.2. The number of benzene rings is 2. The fourth-order valence-corrected chi connectivity index (χ4v) is 13.7. The van der Waals surface area contributed by atoms with E-state index in [2.05, 4.69) is 36.4 Å². The minimum absolute atomic E-state index is 0.0646. The van der Waals surface area contributed by atoms with Crippen LogP contribution in [0.1, 0.15) is 146 Å². The van der Waals surface area contributed by atoms with Gasteiger partial charge in [0.25, 0.3) is 0 Å². The lowest BCUT2D eigenvalue weighted by molar-refractivity contribution is -0.181. The van der Waals surface area contributed by atoms with E-state index >= 15 is 9.13 Å². The Morgan fingerprint density at radius 2 is 0.953 bits per heavy atom. The Kier molecular flexibility index (Phi) is 17.3. The van der Waals surface area contributed by atoms with Crippen LogP contribution in [0.4, 0.5) is 0 Å². The van der Waals surface area contributed by atoms with Crippen LogP contribution >= 0.6 is 15.2 Å².